The van der Waals surface area contributed by atoms with Crippen LogP contribution in [0.4, 0.5) is 0 Å². The van der Waals surface area contributed by atoms with E-state index in [1.165, 1.54) is 0 Å². The summed E-state index contributed by atoms with van der Waals surface area (Å²) in [4.78, 5) is 11.7. The Labute approximate surface area is 78.9 Å². The van der Waals surface area contributed by atoms with Crippen molar-refractivity contribution in [3.8, 4) is 6.07 Å². The smallest absolute Gasteiger partial charge is 0.139 e. The number of nitriles is 1. The molecule has 0 spiro atoms. The highest BCUT2D eigenvalue weighted by Gasteiger charge is 2.63. The van der Waals surface area contributed by atoms with Crippen molar-refractivity contribution in [3.05, 3.63) is 0 Å². The summed E-state index contributed by atoms with van der Waals surface area (Å²) in [6.45, 7) is 4.18. The van der Waals surface area contributed by atoms with Gasteiger partial charge in [0.2, 0.25) is 0 Å². The van der Waals surface area contributed by atoms with Gasteiger partial charge >= 0.3 is 0 Å². The number of Topliss-reactive ketones (excluding diaryl/α,β-unsaturated/α-hetero) is 1. The molecule has 0 aromatic heterocycles. The summed E-state index contributed by atoms with van der Waals surface area (Å²) in [7, 11) is 0. The van der Waals surface area contributed by atoms with Crippen molar-refractivity contribution >= 4 is 5.78 Å². The molecule has 2 rings (SSSR count). The minimum Gasteiger partial charge on any atom is -0.299 e. The molecule has 0 saturated heterocycles. The lowest BCUT2D eigenvalue weighted by atomic mass is 9.67. The van der Waals surface area contributed by atoms with E-state index >= 15 is 0 Å². The van der Waals surface area contributed by atoms with Gasteiger partial charge in [0.15, 0.2) is 0 Å². The molecular weight excluding hydrogens is 162 g/mol. The zero-order valence-corrected chi connectivity index (χ0v) is 8.26. The van der Waals surface area contributed by atoms with Gasteiger partial charge in [-0.1, -0.05) is 13.8 Å². The van der Waals surface area contributed by atoms with Crippen LogP contribution in [0.25, 0.3) is 0 Å². The predicted molar refractivity (Wildman–Crippen MR) is 48.8 cm³/mol. The Balaban J connectivity index is 2.42. The molecule has 0 N–H and O–H groups in total. The molecule has 0 aliphatic heterocycles. The van der Waals surface area contributed by atoms with Crippen LogP contribution in [0.15, 0.2) is 0 Å². The van der Waals surface area contributed by atoms with Gasteiger partial charge in [-0.2, -0.15) is 5.26 Å². The first-order valence-corrected chi connectivity index (χ1v) is 4.95. The monoisotopic (exact) mass is 177 g/mol. The first kappa shape index (κ1) is 8.74. The molecular formula is C11H15NO. The molecule has 2 bridgehead atoms. The summed E-state index contributed by atoms with van der Waals surface area (Å²) in [5.74, 6) is 0.867. The summed E-state index contributed by atoms with van der Waals surface area (Å²) < 4.78 is 0. The molecule has 0 aromatic carbocycles. The molecule has 0 unspecified atom stereocenters. The van der Waals surface area contributed by atoms with Crippen LogP contribution in [0.2, 0.25) is 0 Å². The summed E-state index contributed by atoms with van der Waals surface area (Å²) in [5, 5.41) is 8.79. The number of fused-ring (bicyclic) bond motifs is 2. The molecule has 2 fully saturated rings. The fourth-order valence-electron chi connectivity index (χ4n) is 3.26. The molecule has 2 aliphatic rings. The topological polar surface area (TPSA) is 40.9 Å². The van der Waals surface area contributed by atoms with Crippen molar-refractivity contribution < 1.29 is 4.79 Å². The second kappa shape index (κ2) is 2.35. The number of ketones is 1. The zero-order chi connectivity index (χ0) is 9.69. The molecule has 13 heavy (non-hydrogen) atoms. The van der Waals surface area contributed by atoms with Gasteiger partial charge in [0, 0.05) is 18.3 Å². The van der Waals surface area contributed by atoms with E-state index in [9.17, 15) is 4.79 Å². The summed E-state index contributed by atoms with van der Waals surface area (Å²) >= 11 is 0. The van der Waals surface area contributed by atoms with Crippen molar-refractivity contribution in [2.75, 3.05) is 0 Å². The Morgan fingerprint density at radius 2 is 2.31 bits per heavy atom. The molecule has 0 amide bonds. The number of carbonyl (C=O) groups excluding carboxylic acids is 1. The number of carbonyl (C=O) groups is 1. The van der Waals surface area contributed by atoms with Crippen molar-refractivity contribution in [1.82, 2.24) is 0 Å². The van der Waals surface area contributed by atoms with Gasteiger partial charge < -0.3 is 0 Å². The number of hydrogen-bond donors (Lipinski definition) is 0. The van der Waals surface area contributed by atoms with Crippen LogP contribution in [0, 0.1) is 28.1 Å². The van der Waals surface area contributed by atoms with Crippen LogP contribution in [0.5, 0.6) is 0 Å². The molecule has 2 saturated carbocycles. The molecule has 2 heteroatoms. The Morgan fingerprint density at radius 1 is 1.62 bits per heavy atom. The van der Waals surface area contributed by atoms with Crippen molar-refractivity contribution in [2.45, 2.75) is 39.5 Å². The van der Waals surface area contributed by atoms with E-state index in [4.69, 9.17) is 5.26 Å². The second-order valence-electron chi connectivity index (χ2n) is 4.95. The van der Waals surface area contributed by atoms with Crippen LogP contribution in [0.3, 0.4) is 0 Å². The largest absolute Gasteiger partial charge is 0.299 e. The van der Waals surface area contributed by atoms with Gasteiger partial charge in [0.25, 0.3) is 0 Å². The van der Waals surface area contributed by atoms with Gasteiger partial charge in [0.05, 0.1) is 6.07 Å². The van der Waals surface area contributed by atoms with Crippen LogP contribution >= 0.6 is 0 Å². The van der Waals surface area contributed by atoms with Gasteiger partial charge in [-0.3, -0.25) is 4.79 Å². The van der Waals surface area contributed by atoms with Crippen molar-refractivity contribution in [1.29, 1.82) is 5.26 Å². The van der Waals surface area contributed by atoms with Crippen LogP contribution in [-0.2, 0) is 4.79 Å². The van der Waals surface area contributed by atoms with Gasteiger partial charge in [-0.05, 0) is 24.2 Å². The lowest BCUT2D eigenvalue weighted by molar-refractivity contribution is -0.128. The summed E-state index contributed by atoms with van der Waals surface area (Å²) in [5.41, 5.74) is -0.216. The molecule has 0 radical (unpaired) electrons. The average Bonchev–Trinajstić information content (AvgIpc) is 2.39. The van der Waals surface area contributed by atoms with Crippen LogP contribution in [0.1, 0.15) is 39.5 Å². The lowest BCUT2D eigenvalue weighted by Crippen LogP contribution is -2.34. The molecule has 2 aliphatic carbocycles. The molecule has 0 aromatic rings. The molecule has 3 atom stereocenters. The van der Waals surface area contributed by atoms with E-state index in [0.717, 1.165) is 12.8 Å². The highest BCUT2D eigenvalue weighted by Crippen LogP contribution is 2.65. The third-order valence-electron chi connectivity index (χ3n) is 4.65. The maximum Gasteiger partial charge on any atom is 0.139 e. The SMILES string of the molecule is C[C@]12CC[C@@H](CC1=O)[C@]2(C)CC#N. The zero-order valence-electron chi connectivity index (χ0n) is 8.26. The number of rotatable bonds is 1. The minimum absolute atomic E-state index is 0.0289. The van der Waals surface area contributed by atoms with E-state index in [1.807, 2.05) is 0 Å². The second-order valence-corrected chi connectivity index (χ2v) is 4.95. The number of hydrogen-bond acceptors (Lipinski definition) is 2. The van der Waals surface area contributed by atoms with E-state index in [2.05, 4.69) is 19.9 Å². The van der Waals surface area contributed by atoms with Crippen molar-refractivity contribution in [2.24, 2.45) is 16.7 Å². The fourth-order valence-corrected chi connectivity index (χ4v) is 3.26. The van der Waals surface area contributed by atoms with E-state index < -0.39 is 0 Å². The quantitative estimate of drug-likeness (QED) is 0.616. The van der Waals surface area contributed by atoms with Gasteiger partial charge in [-0.15, -0.1) is 0 Å². The maximum absolute atomic E-state index is 11.7. The minimum atomic E-state index is -0.187. The highest BCUT2D eigenvalue weighted by molar-refractivity contribution is 5.89. The highest BCUT2D eigenvalue weighted by atomic mass is 16.1. The van der Waals surface area contributed by atoms with Gasteiger partial charge in [0.1, 0.15) is 5.78 Å². The van der Waals surface area contributed by atoms with Gasteiger partial charge in [-0.25, -0.2) is 0 Å². The standard InChI is InChI=1S/C11H15NO/c1-10(5-6-12)8-3-4-11(10,2)9(13)7-8/h8H,3-5,7H2,1-2H3/t8-,10-,11-/m0/s1. The van der Waals surface area contributed by atoms with E-state index in [0.29, 0.717) is 24.5 Å². The third-order valence-corrected chi connectivity index (χ3v) is 4.65. The van der Waals surface area contributed by atoms with Crippen LogP contribution in [-0.4, -0.2) is 5.78 Å². The first-order valence-electron chi connectivity index (χ1n) is 4.95. The maximum atomic E-state index is 11.7. The summed E-state index contributed by atoms with van der Waals surface area (Å²) in [6.07, 6.45) is 3.39. The Bertz CT molecular complexity index is 304. The van der Waals surface area contributed by atoms with E-state index in [1.54, 1.807) is 0 Å². The lowest BCUT2D eigenvalue weighted by Gasteiger charge is -2.34. The molecule has 70 valence electrons. The fraction of sp³-hybridized carbons (Fsp3) is 0.818. The molecule has 2 nitrogen and oxygen atoms in total. The first-order chi connectivity index (χ1) is 6.04. The normalized spacial score (nSPS) is 48.1. The predicted octanol–water partition coefficient (Wildman–Crippen LogP) is 2.30. The third kappa shape index (κ3) is 0.802. The Kier molecular flexibility index (Phi) is 1.58. The summed E-state index contributed by atoms with van der Waals surface area (Å²) in [6, 6.07) is 2.24. The Morgan fingerprint density at radius 3 is 2.69 bits per heavy atom. The average molecular weight is 177 g/mol. The van der Waals surface area contributed by atoms with E-state index in [-0.39, 0.29) is 10.8 Å². The van der Waals surface area contributed by atoms with Crippen LogP contribution < -0.4 is 0 Å². The molecule has 0 heterocycles. The van der Waals surface area contributed by atoms with Crippen molar-refractivity contribution in [3.63, 3.8) is 0 Å². The number of nitrogens with zero attached hydrogens (tertiary/aromatic N) is 1. The Hall–Kier alpha value is -0.840.